The van der Waals surface area contributed by atoms with E-state index in [9.17, 15) is 0 Å². The number of fused-ring (bicyclic) bond motifs is 3. The molecule has 1 aromatic heterocycles. The highest BCUT2D eigenvalue weighted by molar-refractivity contribution is 5.71. The molecule has 2 nitrogen and oxygen atoms in total. The van der Waals surface area contributed by atoms with Crippen LogP contribution >= 0.6 is 0 Å². The molecule has 0 spiro atoms. The number of hydrogen-bond acceptors (Lipinski definition) is 0. The SMILES string of the molecule is [2H]C([2H])([2H])c1n(-c2ccccc2C)c(C)c2[n+]1C(c1ccccc1)(C1CCCCC1)c1ccccc1-2. The molecule has 1 saturated carbocycles. The molecule has 3 aromatic carbocycles. The second-order valence-electron chi connectivity index (χ2n) is 9.73. The summed E-state index contributed by atoms with van der Waals surface area (Å²) in [5.74, 6) is 0.712. The van der Waals surface area contributed by atoms with Crippen molar-refractivity contribution in [2.45, 2.75) is 58.3 Å². The van der Waals surface area contributed by atoms with Gasteiger partial charge in [-0.3, -0.25) is 0 Å². The van der Waals surface area contributed by atoms with Crippen LogP contribution in [0.2, 0.25) is 0 Å². The number of para-hydroxylation sites is 1. The summed E-state index contributed by atoms with van der Waals surface area (Å²) in [6, 6.07) is 27.4. The van der Waals surface area contributed by atoms with Gasteiger partial charge in [-0.25, -0.2) is 4.57 Å². The molecule has 1 unspecified atom stereocenters. The quantitative estimate of drug-likeness (QED) is 0.305. The van der Waals surface area contributed by atoms with Gasteiger partial charge >= 0.3 is 0 Å². The topological polar surface area (TPSA) is 8.81 Å². The third-order valence-corrected chi connectivity index (χ3v) is 8.04. The largest absolute Gasteiger partial charge is 0.260 e. The maximum absolute atomic E-state index is 8.87. The van der Waals surface area contributed by atoms with E-state index in [0.29, 0.717) is 11.7 Å². The predicted octanol–water partition coefficient (Wildman–Crippen LogP) is 7.04. The Morgan fingerprint density at radius 2 is 1.55 bits per heavy atom. The fourth-order valence-electron chi connectivity index (χ4n) is 6.68. The third kappa shape index (κ3) is 2.76. The Labute approximate surface area is 201 Å². The molecule has 6 rings (SSSR count). The molecule has 166 valence electrons. The summed E-state index contributed by atoms with van der Waals surface area (Å²) in [6.07, 6.45) is 5.78. The molecule has 2 heterocycles. The first kappa shape index (κ1) is 17.4. The van der Waals surface area contributed by atoms with Crippen molar-refractivity contribution in [1.29, 1.82) is 0 Å². The number of aromatic nitrogens is 2. The Bertz CT molecular complexity index is 1430. The molecule has 2 heteroatoms. The van der Waals surface area contributed by atoms with Gasteiger partial charge in [-0.15, -0.1) is 0 Å². The van der Waals surface area contributed by atoms with Crippen LogP contribution in [0.3, 0.4) is 0 Å². The molecule has 0 radical (unpaired) electrons. The lowest BCUT2D eigenvalue weighted by Gasteiger charge is -2.39. The molecular weight excluding hydrogens is 400 g/mol. The molecule has 1 atom stereocenters. The molecule has 4 aromatic rings. The van der Waals surface area contributed by atoms with Gasteiger partial charge in [0.05, 0.1) is 0 Å². The van der Waals surface area contributed by atoms with Crippen LogP contribution in [0.5, 0.6) is 0 Å². The Morgan fingerprint density at radius 3 is 2.30 bits per heavy atom. The fourth-order valence-corrected chi connectivity index (χ4v) is 6.68. The third-order valence-electron chi connectivity index (χ3n) is 8.04. The van der Waals surface area contributed by atoms with Crippen LogP contribution in [0, 0.1) is 26.6 Å². The molecular formula is C31H33N2+. The van der Waals surface area contributed by atoms with Crippen molar-refractivity contribution in [2.24, 2.45) is 5.92 Å². The lowest BCUT2D eigenvalue weighted by molar-refractivity contribution is -0.742. The smallest absolute Gasteiger partial charge is 0.212 e. The summed E-state index contributed by atoms with van der Waals surface area (Å²) in [7, 11) is 0. The zero-order chi connectivity index (χ0) is 25.1. The summed E-state index contributed by atoms with van der Waals surface area (Å²) < 4.78 is 30.9. The van der Waals surface area contributed by atoms with Gasteiger partial charge < -0.3 is 0 Å². The van der Waals surface area contributed by atoms with Gasteiger partial charge in [-0.05, 0) is 31.4 Å². The van der Waals surface area contributed by atoms with Crippen LogP contribution in [0.25, 0.3) is 16.9 Å². The van der Waals surface area contributed by atoms with Crippen molar-refractivity contribution in [3.8, 4) is 16.9 Å². The molecule has 0 bridgehead atoms. The first-order valence-electron chi connectivity index (χ1n) is 13.8. The van der Waals surface area contributed by atoms with E-state index in [1.165, 1.54) is 30.4 Å². The zero-order valence-electron chi connectivity index (χ0n) is 22.5. The molecule has 0 saturated heterocycles. The van der Waals surface area contributed by atoms with Gasteiger partial charge in [0.1, 0.15) is 5.69 Å². The van der Waals surface area contributed by atoms with Gasteiger partial charge in [0.25, 0.3) is 5.82 Å². The Kier molecular flexibility index (Phi) is 4.06. The maximum Gasteiger partial charge on any atom is 0.260 e. The van der Waals surface area contributed by atoms with E-state index in [4.69, 9.17) is 4.11 Å². The minimum absolute atomic E-state index is 0.314. The highest BCUT2D eigenvalue weighted by Gasteiger charge is 2.57. The molecule has 1 fully saturated rings. The van der Waals surface area contributed by atoms with Crippen LogP contribution in [0.1, 0.15) is 64.4 Å². The van der Waals surface area contributed by atoms with E-state index in [-0.39, 0.29) is 0 Å². The van der Waals surface area contributed by atoms with Crippen molar-refractivity contribution < 1.29 is 8.68 Å². The normalized spacial score (nSPS) is 21.7. The van der Waals surface area contributed by atoms with Gasteiger partial charge in [0, 0.05) is 40.5 Å². The van der Waals surface area contributed by atoms with Crippen molar-refractivity contribution in [3.05, 3.63) is 107 Å². The van der Waals surface area contributed by atoms with Crippen LogP contribution in [0.15, 0.2) is 78.9 Å². The van der Waals surface area contributed by atoms with Crippen molar-refractivity contribution >= 4 is 0 Å². The van der Waals surface area contributed by atoms with Crippen LogP contribution in [0.4, 0.5) is 0 Å². The minimum atomic E-state index is -2.30. The molecule has 33 heavy (non-hydrogen) atoms. The molecule has 0 amide bonds. The molecule has 2 aliphatic rings. The van der Waals surface area contributed by atoms with Crippen LogP contribution in [-0.2, 0) is 5.54 Å². The number of aryl methyl sites for hydroxylation is 1. The Balaban J connectivity index is 1.82. The molecule has 1 aliphatic carbocycles. The van der Waals surface area contributed by atoms with E-state index in [1.54, 1.807) is 0 Å². The average molecular weight is 437 g/mol. The molecule has 0 N–H and O–H groups in total. The van der Waals surface area contributed by atoms with Gasteiger partial charge in [-0.2, -0.15) is 4.57 Å². The standard InChI is InChI=1S/C31H33N2/c1-22-14-10-13-21-29(22)32-23(2)30-27-19-11-12-20-28(27)31(33(30)24(32)3,25-15-6-4-7-16-25)26-17-8-5-9-18-26/h4,6-7,10-16,19-21,26H,5,8-9,17-18H2,1-3H3/q+1/i3D3. The number of benzene rings is 3. The zero-order valence-corrected chi connectivity index (χ0v) is 19.5. The first-order chi connectivity index (χ1) is 17.4. The Hall–Kier alpha value is -3.13. The van der Waals surface area contributed by atoms with Crippen molar-refractivity contribution in [1.82, 2.24) is 4.57 Å². The van der Waals surface area contributed by atoms with Gasteiger partial charge in [-0.1, -0.05) is 92.1 Å². The second kappa shape index (κ2) is 7.73. The van der Waals surface area contributed by atoms with E-state index in [2.05, 4.69) is 79.1 Å². The summed E-state index contributed by atoms with van der Waals surface area (Å²) >= 11 is 0. The number of hydrogen-bond donors (Lipinski definition) is 0. The van der Waals surface area contributed by atoms with E-state index >= 15 is 0 Å². The number of rotatable bonds is 3. The second-order valence-corrected chi connectivity index (χ2v) is 9.73. The van der Waals surface area contributed by atoms with Crippen LogP contribution < -0.4 is 4.57 Å². The van der Waals surface area contributed by atoms with Gasteiger partial charge in [0.2, 0.25) is 0 Å². The van der Waals surface area contributed by atoms with E-state index in [0.717, 1.165) is 41.0 Å². The van der Waals surface area contributed by atoms with Crippen molar-refractivity contribution in [2.75, 3.05) is 0 Å². The summed E-state index contributed by atoms with van der Waals surface area (Å²) in [5, 5.41) is 0. The fraction of sp³-hybridized carbons (Fsp3) is 0.323. The first-order valence-corrected chi connectivity index (χ1v) is 12.3. The van der Waals surface area contributed by atoms with Crippen LogP contribution in [-0.4, -0.2) is 4.57 Å². The number of nitrogens with zero attached hydrogens (tertiary/aromatic N) is 2. The lowest BCUT2D eigenvalue weighted by Crippen LogP contribution is -2.61. The van der Waals surface area contributed by atoms with E-state index in [1.807, 2.05) is 22.8 Å². The average Bonchev–Trinajstić information content (AvgIpc) is 3.36. The van der Waals surface area contributed by atoms with E-state index < -0.39 is 12.4 Å². The summed E-state index contributed by atoms with van der Waals surface area (Å²) in [4.78, 5) is 0. The maximum atomic E-state index is 8.87. The highest BCUT2D eigenvalue weighted by Crippen LogP contribution is 2.52. The highest BCUT2D eigenvalue weighted by atomic mass is 15.2. The monoisotopic (exact) mass is 436 g/mol. The van der Waals surface area contributed by atoms with Gasteiger partial charge in [0.15, 0.2) is 16.9 Å². The predicted molar refractivity (Wildman–Crippen MR) is 135 cm³/mol. The minimum Gasteiger partial charge on any atom is -0.212 e. The van der Waals surface area contributed by atoms with Crippen molar-refractivity contribution in [3.63, 3.8) is 0 Å². The lowest BCUT2D eigenvalue weighted by atomic mass is 9.67. The molecule has 1 aliphatic heterocycles. The summed E-state index contributed by atoms with van der Waals surface area (Å²) in [6.45, 7) is 1.85. The number of imidazole rings is 1. The summed E-state index contributed by atoms with van der Waals surface area (Å²) in [5.41, 5.74) is 7.04. The Morgan fingerprint density at radius 1 is 0.848 bits per heavy atom.